The van der Waals surface area contributed by atoms with Gasteiger partial charge in [0.15, 0.2) is 0 Å². The fraction of sp³-hybridized carbons (Fsp3) is 0.500. The molecule has 5 nitrogen and oxygen atoms in total. The third kappa shape index (κ3) is 8.32. The molecule has 5 heteroatoms. The summed E-state index contributed by atoms with van der Waals surface area (Å²) in [6.45, 7) is 6.12. The Morgan fingerprint density at radius 2 is 1.61 bits per heavy atom. The zero-order chi connectivity index (χ0) is 23.5. The number of benzene rings is 2. The molecule has 178 valence electrons. The summed E-state index contributed by atoms with van der Waals surface area (Å²) in [5.74, 6) is 0.542. The van der Waals surface area contributed by atoms with E-state index in [9.17, 15) is 9.59 Å². The summed E-state index contributed by atoms with van der Waals surface area (Å²) in [5.41, 5.74) is 3.90. The van der Waals surface area contributed by atoms with Gasteiger partial charge < -0.3 is 15.0 Å². The van der Waals surface area contributed by atoms with Gasteiger partial charge in [0.05, 0.1) is 6.61 Å². The summed E-state index contributed by atoms with van der Waals surface area (Å²) in [7, 11) is 0. The van der Waals surface area contributed by atoms with Crippen LogP contribution in [0, 0.1) is 0 Å². The van der Waals surface area contributed by atoms with Gasteiger partial charge >= 0.3 is 5.97 Å². The maximum absolute atomic E-state index is 12.3. The lowest BCUT2D eigenvalue weighted by molar-refractivity contribution is -0.141. The molecule has 0 saturated heterocycles. The number of hydrogen-bond acceptors (Lipinski definition) is 4. The highest BCUT2D eigenvalue weighted by Crippen LogP contribution is 2.35. The van der Waals surface area contributed by atoms with Crippen LogP contribution >= 0.6 is 0 Å². The monoisotopic (exact) mass is 450 g/mol. The fourth-order valence-corrected chi connectivity index (χ4v) is 4.71. The van der Waals surface area contributed by atoms with E-state index in [1.807, 2.05) is 18.2 Å². The highest BCUT2D eigenvalue weighted by molar-refractivity contribution is 5.73. The molecule has 0 heterocycles. The maximum atomic E-state index is 12.3. The van der Waals surface area contributed by atoms with Gasteiger partial charge in [0.2, 0.25) is 5.91 Å². The number of unbranched alkanes of at least 4 members (excludes halogenated alkanes) is 1. The smallest absolute Gasteiger partial charge is 0.302 e. The minimum Gasteiger partial charge on any atom is -0.466 e. The fourth-order valence-electron chi connectivity index (χ4n) is 4.71. The second-order valence-electron chi connectivity index (χ2n) is 9.10. The standard InChI is InChI=1S/C28H38N2O3/c1-22(31)30(21-25-8-4-3-5-9-25)28-16-14-27(15-17-28)26-12-10-24(11-13-26)20-29-18-6-7-19-33-23(2)32/h3-5,8-13,27-29H,6-7,14-21H2,1-2H3. The van der Waals surface area contributed by atoms with Crippen LogP contribution in [-0.4, -0.2) is 36.0 Å². The summed E-state index contributed by atoms with van der Waals surface area (Å²) < 4.78 is 4.95. The van der Waals surface area contributed by atoms with E-state index in [0.29, 0.717) is 25.1 Å². The molecule has 1 amide bonds. The lowest BCUT2D eigenvalue weighted by atomic mass is 9.81. The van der Waals surface area contributed by atoms with Crippen molar-refractivity contribution in [3.8, 4) is 0 Å². The molecule has 2 aromatic carbocycles. The van der Waals surface area contributed by atoms with E-state index in [0.717, 1.165) is 51.6 Å². The summed E-state index contributed by atoms with van der Waals surface area (Å²) in [5, 5.41) is 3.46. The first-order chi connectivity index (χ1) is 16.0. The van der Waals surface area contributed by atoms with E-state index in [4.69, 9.17) is 4.74 Å². The van der Waals surface area contributed by atoms with Gasteiger partial charge in [0, 0.05) is 33.0 Å². The van der Waals surface area contributed by atoms with E-state index >= 15 is 0 Å². The Morgan fingerprint density at radius 3 is 2.24 bits per heavy atom. The molecule has 0 aromatic heterocycles. The number of nitrogens with one attached hydrogen (secondary N) is 1. The van der Waals surface area contributed by atoms with Crippen LogP contribution in [0.15, 0.2) is 54.6 Å². The van der Waals surface area contributed by atoms with Crippen molar-refractivity contribution in [3.05, 3.63) is 71.3 Å². The molecular weight excluding hydrogens is 412 g/mol. The van der Waals surface area contributed by atoms with Crippen LogP contribution in [0.3, 0.4) is 0 Å². The molecule has 0 atom stereocenters. The van der Waals surface area contributed by atoms with Crippen LogP contribution in [0.5, 0.6) is 0 Å². The molecule has 3 rings (SSSR count). The van der Waals surface area contributed by atoms with Gasteiger partial charge in [-0.05, 0) is 67.7 Å². The number of ether oxygens (including phenoxy) is 1. The molecule has 0 unspecified atom stereocenters. The minimum atomic E-state index is -0.208. The minimum absolute atomic E-state index is 0.172. The van der Waals surface area contributed by atoms with Crippen LogP contribution in [-0.2, 0) is 27.4 Å². The number of carbonyl (C=O) groups excluding carboxylic acids is 2. The quantitative estimate of drug-likeness (QED) is 0.378. The molecular formula is C28H38N2O3. The topological polar surface area (TPSA) is 58.6 Å². The number of nitrogens with zero attached hydrogens (tertiary/aromatic N) is 1. The highest BCUT2D eigenvalue weighted by Gasteiger charge is 2.28. The van der Waals surface area contributed by atoms with Gasteiger partial charge in [-0.3, -0.25) is 9.59 Å². The molecule has 1 aliphatic carbocycles. The summed E-state index contributed by atoms with van der Waals surface area (Å²) in [6.07, 6.45) is 6.27. The van der Waals surface area contributed by atoms with Crippen molar-refractivity contribution in [2.75, 3.05) is 13.2 Å². The van der Waals surface area contributed by atoms with Crippen LogP contribution in [0.4, 0.5) is 0 Å². The van der Waals surface area contributed by atoms with Gasteiger partial charge in [-0.15, -0.1) is 0 Å². The van der Waals surface area contributed by atoms with E-state index < -0.39 is 0 Å². The second-order valence-corrected chi connectivity index (χ2v) is 9.10. The van der Waals surface area contributed by atoms with E-state index in [-0.39, 0.29) is 11.9 Å². The van der Waals surface area contributed by atoms with E-state index in [1.54, 1.807) is 6.92 Å². The lowest BCUT2D eigenvalue weighted by Gasteiger charge is -2.37. The molecule has 1 fully saturated rings. The van der Waals surface area contributed by atoms with Crippen molar-refractivity contribution < 1.29 is 14.3 Å². The number of esters is 1. The number of carbonyl (C=O) groups is 2. The first kappa shape index (κ1) is 25.0. The predicted octanol–water partition coefficient (Wildman–Crippen LogP) is 5.19. The Labute approximate surface area is 198 Å². The molecule has 1 N–H and O–H groups in total. The SMILES string of the molecule is CC(=O)OCCCCNCc1ccc(C2CCC(N(Cc3ccccc3)C(C)=O)CC2)cc1. The third-order valence-electron chi connectivity index (χ3n) is 6.57. The molecule has 1 saturated carbocycles. The first-order valence-electron chi connectivity index (χ1n) is 12.3. The van der Waals surface area contributed by atoms with Crippen LogP contribution in [0.1, 0.15) is 75.0 Å². The molecule has 0 radical (unpaired) electrons. The third-order valence-corrected chi connectivity index (χ3v) is 6.57. The van der Waals surface area contributed by atoms with Crippen molar-refractivity contribution in [2.24, 2.45) is 0 Å². The first-order valence-corrected chi connectivity index (χ1v) is 12.3. The van der Waals surface area contributed by atoms with Crippen molar-refractivity contribution in [3.63, 3.8) is 0 Å². The Morgan fingerprint density at radius 1 is 0.909 bits per heavy atom. The Kier molecular flexibility index (Phi) is 9.95. The number of hydrogen-bond donors (Lipinski definition) is 1. The van der Waals surface area contributed by atoms with Gasteiger partial charge in [0.1, 0.15) is 0 Å². The second kappa shape index (κ2) is 13.1. The average Bonchev–Trinajstić information content (AvgIpc) is 2.83. The lowest BCUT2D eigenvalue weighted by Crippen LogP contribution is -2.40. The zero-order valence-corrected chi connectivity index (χ0v) is 20.1. The van der Waals surface area contributed by atoms with E-state index in [1.165, 1.54) is 23.6 Å². The van der Waals surface area contributed by atoms with Gasteiger partial charge in [-0.1, -0.05) is 54.6 Å². The van der Waals surface area contributed by atoms with Crippen molar-refractivity contribution in [1.29, 1.82) is 0 Å². The van der Waals surface area contributed by atoms with Crippen LogP contribution < -0.4 is 5.32 Å². The molecule has 0 spiro atoms. The normalized spacial score (nSPS) is 18.0. The van der Waals surface area contributed by atoms with Gasteiger partial charge in [-0.2, -0.15) is 0 Å². The predicted molar refractivity (Wildman–Crippen MR) is 132 cm³/mol. The van der Waals surface area contributed by atoms with Gasteiger partial charge in [0.25, 0.3) is 0 Å². The van der Waals surface area contributed by atoms with Crippen LogP contribution in [0.2, 0.25) is 0 Å². The average molecular weight is 451 g/mol. The Hall–Kier alpha value is -2.66. The molecule has 1 aliphatic rings. The van der Waals surface area contributed by atoms with E-state index in [2.05, 4.69) is 46.6 Å². The summed E-state index contributed by atoms with van der Waals surface area (Å²) >= 11 is 0. The maximum Gasteiger partial charge on any atom is 0.302 e. The van der Waals surface area contributed by atoms with Crippen molar-refractivity contribution in [1.82, 2.24) is 10.2 Å². The van der Waals surface area contributed by atoms with Gasteiger partial charge in [-0.25, -0.2) is 0 Å². The number of rotatable bonds is 11. The summed E-state index contributed by atoms with van der Waals surface area (Å²) in [4.78, 5) is 25.1. The van der Waals surface area contributed by atoms with Crippen molar-refractivity contribution in [2.45, 2.75) is 77.4 Å². The summed E-state index contributed by atoms with van der Waals surface area (Å²) in [6, 6.07) is 19.6. The Bertz CT molecular complexity index is 858. The molecule has 0 bridgehead atoms. The van der Waals surface area contributed by atoms with Crippen LogP contribution in [0.25, 0.3) is 0 Å². The zero-order valence-electron chi connectivity index (χ0n) is 20.1. The van der Waals surface area contributed by atoms with Crippen molar-refractivity contribution >= 4 is 11.9 Å². The largest absolute Gasteiger partial charge is 0.466 e. The Balaban J connectivity index is 1.41. The molecule has 0 aliphatic heterocycles. The molecule has 2 aromatic rings. The molecule has 33 heavy (non-hydrogen) atoms. The number of amides is 1. The highest BCUT2D eigenvalue weighted by atomic mass is 16.5.